The Morgan fingerprint density at radius 2 is 2.24 bits per heavy atom. The molecule has 0 fully saturated rings. The summed E-state index contributed by atoms with van der Waals surface area (Å²) in [5.74, 6) is -0.375. The number of aliphatic carboxylic acids is 1. The third-order valence-corrected chi connectivity index (χ3v) is 2.59. The summed E-state index contributed by atoms with van der Waals surface area (Å²) in [6.07, 6.45) is 2.14. The summed E-state index contributed by atoms with van der Waals surface area (Å²) >= 11 is 0. The van der Waals surface area contributed by atoms with Crippen LogP contribution in [0.2, 0.25) is 0 Å². The molecule has 0 radical (unpaired) electrons. The number of carbonyl (C=O) groups is 1. The van der Waals surface area contributed by atoms with Gasteiger partial charge < -0.3 is 10.4 Å². The van der Waals surface area contributed by atoms with Crippen molar-refractivity contribution in [2.75, 3.05) is 5.32 Å². The van der Waals surface area contributed by atoms with E-state index < -0.39 is 12.0 Å². The van der Waals surface area contributed by atoms with Crippen LogP contribution in [0.1, 0.15) is 13.3 Å². The predicted molar refractivity (Wildman–Crippen MR) is 64.9 cm³/mol. The van der Waals surface area contributed by atoms with Gasteiger partial charge in [0.15, 0.2) is 5.82 Å². The Labute approximate surface area is 98.5 Å². The summed E-state index contributed by atoms with van der Waals surface area (Å²) in [5.41, 5.74) is 0. The smallest absolute Gasteiger partial charge is 0.326 e. The monoisotopic (exact) mass is 231 g/mol. The molecule has 0 saturated heterocycles. The molecule has 1 heterocycles. The third kappa shape index (κ3) is 2.33. The molecule has 1 atom stereocenters. The molecule has 0 aliphatic carbocycles. The van der Waals surface area contributed by atoms with Gasteiger partial charge in [-0.2, -0.15) is 5.10 Å². The van der Waals surface area contributed by atoms with Crippen LogP contribution < -0.4 is 5.32 Å². The van der Waals surface area contributed by atoms with Gasteiger partial charge in [0.05, 0.1) is 6.20 Å². The molecular weight excluding hydrogens is 218 g/mol. The second-order valence-electron chi connectivity index (χ2n) is 3.72. The zero-order valence-corrected chi connectivity index (χ0v) is 9.42. The van der Waals surface area contributed by atoms with Crippen LogP contribution in [0.15, 0.2) is 30.5 Å². The van der Waals surface area contributed by atoms with Gasteiger partial charge in [-0.25, -0.2) is 4.79 Å². The van der Waals surface area contributed by atoms with Crippen molar-refractivity contribution in [2.45, 2.75) is 19.4 Å². The lowest BCUT2D eigenvalue weighted by atomic mass is 10.1. The number of carboxylic acid groups (broad SMARTS) is 1. The second kappa shape index (κ2) is 4.78. The molecule has 17 heavy (non-hydrogen) atoms. The van der Waals surface area contributed by atoms with E-state index in [2.05, 4.69) is 15.5 Å². The Hall–Kier alpha value is -2.17. The van der Waals surface area contributed by atoms with Gasteiger partial charge in [0, 0.05) is 10.8 Å². The number of nitrogens with zero attached hydrogens (tertiary/aromatic N) is 2. The maximum Gasteiger partial charge on any atom is 0.326 e. The number of fused-ring (bicyclic) bond motifs is 1. The van der Waals surface area contributed by atoms with E-state index in [1.807, 2.05) is 31.2 Å². The fraction of sp³-hybridized carbons (Fsp3) is 0.250. The summed E-state index contributed by atoms with van der Waals surface area (Å²) in [5, 5.41) is 21.5. The van der Waals surface area contributed by atoms with Crippen LogP contribution in [0.25, 0.3) is 10.8 Å². The van der Waals surface area contributed by atoms with Gasteiger partial charge >= 0.3 is 5.97 Å². The van der Waals surface area contributed by atoms with Gasteiger partial charge in [0.25, 0.3) is 0 Å². The summed E-state index contributed by atoms with van der Waals surface area (Å²) in [4.78, 5) is 11.0. The van der Waals surface area contributed by atoms with Gasteiger partial charge in [-0.15, -0.1) is 5.10 Å². The maximum atomic E-state index is 11.0. The van der Waals surface area contributed by atoms with E-state index in [0.29, 0.717) is 12.2 Å². The van der Waals surface area contributed by atoms with E-state index >= 15 is 0 Å². The minimum absolute atomic E-state index is 0.486. The van der Waals surface area contributed by atoms with Crippen molar-refractivity contribution >= 4 is 22.6 Å². The van der Waals surface area contributed by atoms with Gasteiger partial charge in [-0.1, -0.05) is 31.2 Å². The van der Waals surface area contributed by atoms with E-state index in [9.17, 15) is 4.79 Å². The fourth-order valence-corrected chi connectivity index (χ4v) is 1.64. The van der Waals surface area contributed by atoms with Crippen LogP contribution in [0.3, 0.4) is 0 Å². The highest BCUT2D eigenvalue weighted by atomic mass is 16.4. The van der Waals surface area contributed by atoms with Crippen LogP contribution in [0.4, 0.5) is 5.82 Å². The molecule has 88 valence electrons. The second-order valence-corrected chi connectivity index (χ2v) is 3.72. The molecule has 0 spiro atoms. The lowest BCUT2D eigenvalue weighted by Gasteiger charge is -2.13. The lowest BCUT2D eigenvalue weighted by Crippen LogP contribution is -2.28. The van der Waals surface area contributed by atoms with E-state index in [1.165, 1.54) is 0 Å². The molecule has 0 amide bonds. The zero-order valence-electron chi connectivity index (χ0n) is 9.42. The number of rotatable bonds is 4. The highest BCUT2D eigenvalue weighted by Crippen LogP contribution is 2.20. The van der Waals surface area contributed by atoms with Gasteiger partial charge in [0.1, 0.15) is 6.04 Å². The standard InChI is InChI=1S/C12H13N3O2/c1-2-10(12(16)17)14-11-9-6-4-3-5-8(9)7-13-15-11/h3-7,10H,2H2,1H3,(H,14,15)(H,16,17). The molecule has 1 aromatic heterocycles. The molecular formula is C12H13N3O2. The maximum absolute atomic E-state index is 11.0. The zero-order chi connectivity index (χ0) is 12.3. The first-order valence-electron chi connectivity index (χ1n) is 5.42. The predicted octanol–water partition coefficient (Wildman–Crippen LogP) is 1.90. The van der Waals surface area contributed by atoms with E-state index in [0.717, 1.165) is 10.8 Å². The molecule has 0 bridgehead atoms. The quantitative estimate of drug-likeness (QED) is 0.840. The van der Waals surface area contributed by atoms with Crippen molar-refractivity contribution in [1.29, 1.82) is 0 Å². The lowest BCUT2D eigenvalue weighted by molar-refractivity contribution is -0.137. The summed E-state index contributed by atoms with van der Waals surface area (Å²) in [7, 11) is 0. The largest absolute Gasteiger partial charge is 0.480 e. The highest BCUT2D eigenvalue weighted by Gasteiger charge is 2.16. The Kier molecular flexibility index (Phi) is 3.18. The Morgan fingerprint density at radius 3 is 2.94 bits per heavy atom. The third-order valence-electron chi connectivity index (χ3n) is 2.59. The number of anilines is 1. The van der Waals surface area contributed by atoms with Crippen LogP contribution in [-0.4, -0.2) is 27.3 Å². The molecule has 0 saturated carbocycles. The van der Waals surface area contributed by atoms with Crippen molar-refractivity contribution in [2.24, 2.45) is 0 Å². The first-order chi connectivity index (χ1) is 8.22. The minimum atomic E-state index is -0.887. The Balaban J connectivity index is 2.38. The molecule has 2 N–H and O–H groups in total. The molecule has 0 aliphatic heterocycles. The van der Waals surface area contributed by atoms with Crippen LogP contribution in [0, 0.1) is 0 Å². The first-order valence-corrected chi connectivity index (χ1v) is 5.42. The van der Waals surface area contributed by atoms with Crippen molar-refractivity contribution < 1.29 is 9.90 Å². The van der Waals surface area contributed by atoms with Gasteiger partial charge in [-0.05, 0) is 6.42 Å². The first kappa shape index (κ1) is 11.3. The minimum Gasteiger partial charge on any atom is -0.480 e. The number of hydrogen-bond donors (Lipinski definition) is 2. The van der Waals surface area contributed by atoms with Crippen LogP contribution in [-0.2, 0) is 4.79 Å². The number of nitrogens with one attached hydrogen (secondary N) is 1. The molecule has 2 rings (SSSR count). The molecule has 1 unspecified atom stereocenters. The van der Waals surface area contributed by atoms with Crippen molar-refractivity contribution in [3.05, 3.63) is 30.5 Å². The van der Waals surface area contributed by atoms with Crippen molar-refractivity contribution in [3.63, 3.8) is 0 Å². The number of benzene rings is 1. The average Bonchev–Trinajstić information content (AvgIpc) is 2.35. The van der Waals surface area contributed by atoms with Gasteiger partial charge in [-0.3, -0.25) is 0 Å². The summed E-state index contributed by atoms with van der Waals surface area (Å²) < 4.78 is 0. The normalized spacial score (nSPS) is 12.3. The van der Waals surface area contributed by atoms with Crippen LogP contribution in [0.5, 0.6) is 0 Å². The van der Waals surface area contributed by atoms with E-state index in [-0.39, 0.29) is 0 Å². The Morgan fingerprint density at radius 1 is 1.47 bits per heavy atom. The van der Waals surface area contributed by atoms with E-state index in [1.54, 1.807) is 6.20 Å². The summed E-state index contributed by atoms with van der Waals surface area (Å²) in [6, 6.07) is 6.95. The van der Waals surface area contributed by atoms with Crippen molar-refractivity contribution in [1.82, 2.24) is 10.2 Å². The Bertz CT molecular complexity index is 537. The summed E-state index contributed by atoms with van der Waals surface area (Å²) in [6.45, 7) is 1.81. The molecule has 5 heteroatoms. The topological polar surface area (TPSA) is 75.1 Å². The van der Waals surface area contributed by atoms with Crippen LogP contribution >= 0.6 is 0 Å². The average molecular weight is 231 g/mol. The fourth-order valence-electron chi connectivity index (χ4n) is 1.64. The van der Waals surface area contributed by atoms with E-state index in [4.69, 9.17) is 5.11 Å². The van der Waals surface area contributed by atoms with Gasteiger partial charge in [0.2, 0.25) is 0 Å². The molecule has 0 aliphatic rings. The molecule has 2 aromatic rings. The SMILES string of the molecule is CCC(Nc1nncc2ccccc12)C(=O)O. The molecule has 5 nitrogen and oxygen atoms in total. The highest BCUT2D eigenvalue weighted by molar-refractivity contribution is 5.92. The number of aromatic nitrogens is 2. The number of carboxylic acids is 1. The number of hydrogen-bond acceptors (Lipinski definition) is 4. The van der Waals surface area contributed by atoms with Crippen molar-refractivity contribution in [3.8, 4) is 0 Å². The molecule has 1 aromatic carbocycles.